The molecular formula is C33H51N2O4P. The number of likely N-dealkylation sites (tertiary alicyclic amines) is 1. The van der Waals surface area contributed by atoms with Crippen LogP contribution in [0.2, 0.25) is 0 Å². The van der Waals surface area contributed by atoms with Crippen molar-refractivity contribution in [2.24, 2.45) is 0 Å². The van der Waals surface area contributed by atoms with Crippen LogP contribution in [0.4, 0.5) is 4.79 Å². The van der Waals surface area contributed by atoms with E-state index in [1.54, 1.807) is 6.20 Å². The van der Waals surface area contributed by atoms with Crippen molar-refractivity contribution in [2.45, 2.75) is 96.8 Å². The Bertz CT molecular complexity index is 1040. The number of rotatable bonds is 16. The highest BCUT2D eigenvalue weighted by atomic mass is 31.0. The van der Waals surface area contributed by atoms with E-state index in [4.69, 9.17) is 9.47 Å². The number of esters is 1. The number of unbranched alkanes of at least 4 members (excludes halogenated alkanes) is 8. The Labute approximate surface area is 244 Å². The zero-order chi connectivity index (χ0) is 28.8. The van der Waals surface area contributed by atoms with Crippen LogP contribution in [0.3, 0.4) is 0 Å². The summed E-state index contributed by atoms with van der Waals surface area (Å²) in [7, 11) is 4.78. The zero-order valence-corrected chi connectivity index (χ0v) is 26.0. The first-order valence-corrected chi connectivity index (χ1v) is 15.8. The fourth-order valence-corrected chi connectivity index (χ4v) is 4.99. The largest absolute Gasteiger partial charge is 0.428 e. The number of hydrogen-bond donors (Lipinski definition) is 0. The first kappa shape index (κ1) is 33.8. The Balaban J connectivity index is 0.000000821. The van der Waals surface area contributed by atoms with Gasteiger partial charge in [0.15, 0.2) is 0 Å². The summed E-state index contributed by atoms with van der Waals surface area (Å²) in [5.41, 5.74) is 0.758. The predicted molar refractivity (Wildman–Crippen MR) is 170 cm³/mol. The highest BCUT2D eigenvalue weighted by molar-refractivity contribution is 7.28. The van der Waals surface area contributed by atoms with Gasteiger partial charge >= 0.3 is 12.1 Å². The van der Waals surface area contributed by atoms with E-state index in [-0.39, 0.29) is 12.8 Å². The van der Waals surface area contributed by atoms with Gasteiger partial charge in [-0.05, 0) is 82.9 Å². The monoisotopic (exact) mass is 570 g/mol. The molecule has 1 fully saturated rings. The summed E-state index contributed by atoms with van der Waals surface area (Å²) in [4.78, 5) is 26.5. The second-order valence-corrected chi connectivity index (χ2v) is 11.1. The number of para-hydroxylation sites is 1. The fraction of sp³-hybridized carbons (Fsp3) is 0.576. The number of benzene rings is 1. The number of carbonyl (C=O) groups is 2. The van der Waals surface area contributed by atoms with Crippen LogP contribution in [0.15, 0.2) is 54.8 Å². The lowest BCUT2D eigenvalue weighted by molar-refractivity contribution is -0.151. The molecular weight excluding hydrogens is 519 g/mol. The number of hydrogen-bond acceptors (Lipinski definition) is 5. The standard InChI is InChI=1S/C28H40NO4P.C5H11N/c1-2-3-4-5-6-7-8-9-10-11-12-13-14-15-16-21-27(30)32-23-33-28(31)29-22-26(34)24-19-17-18-20-25(24)29;1-6-4-2-3-5-6/h6-7,9-10,17-20,22H,2-5,8,11-16,21,23,34H2,1H3;2-5H2,1H3/b7-6-,10-9-;. The van der Waals surface area contributed by atoms with Crippen LogP contribution in [0, 0.1) is 0 Å². The number of fused-ring (bicyclic) bond motifs is 1. The van der Waals surface area contributed by atoms with Crippen molar-refractivity contribution < 1.29 is 19.1 Å². The second-order valence-electron chi connectivity index (χ2n) is 10.5. The van der Waals surface area contributed by atoms with E-state index < -0.39 is 6.09 Å². The lowest BCUT2D eigenvalue weighted by atomic mass is 10.1. The zero-order valence-electron chi connectivity index (χ0n) is 24.8. The molecule has 6 nitrogen and oxygen atoms in total. The van der Waals surface area contributed by atoms with E-state index in [1.165, 1.54) is 69.0 Å². The Morgan fingerprint density at radius 1 is 0.875 bits per heavy atom. The van der Waals surface area contributed by atoms with Gasteiger partial charge in [-0.15, -0.1) is 9.24 Å². The van der Waals surface area contributed by atoms with Gasteiger partial charge in [-0.1, -0.05) is 81.5 Å². The molecule has 1 saturated heterocycles. The summed E-state index contributed by atoms with van der Waals surface area (Å²) in [6.45, 7) is 4.51. The van der Waals surface area contributed by atoms with E-state index in [0.29, 0.717) is 6.42 Å². The van der Waals surface area contributed by atoms with Gasteiger partial charge in [-0.3, -0.25) is 9.36 Å². The third kappa shape index (κ3) is 14.3. The summed E-state index contributed by atoms with van der Waals surface area (Å²) >= 11 is 0. The molecule has 0 spiro atoms. The molecule has 1 aliphatic rings. The number of allylic oxidation sites excluding steroid dienone is 4. The second kappa shape index (κ2) is 21.3. The Morgan fingerprint density at radius 2 is 1.52 bits per heavy atom. The molecule has 7 heteroatoms. The normalized spacial score (nSPS) is 13.7. The molecule has 1 aromatic heterocycles. The molecule has 0 radical (unpaired) electrons. The molecule has 40 heavy (non-hydrogen) atoms. The van der Waals surface area contributed by atoms with E-state index in [2.05, 4.69) is 52.4 Å². The molecule has 3 rings (SSSR count). The summed E-state index contributed by atoms with van der Waals surface area (Å²) in [6.07, 6.45) is 25.9. The number of aromatic nitrogens is 1. The van der Waals surface area contributed by atoms with Crippen LogP contribution >= 0.6 is 9.24 Å². The Kier molecular flexibility index (Phi) is 18.0. The SMILES string of the molecule is CCCCC/C=C\C/C=C\CCCCCCCC(=O)OCOC(=O)n1cc(P)c2ccccc21.CN1CCCC1. The highest BCUT2D eigenvalue weighted by Gasteiger charge is 2.13. The van der Waals surface area contributed by atoms with Crippen LogP contribution < -0.4 is 5.30 Å². The topological polar surface area (TPSA) is 60.8 Å². The van der Waals surface area contributed by atoms with Crippen LogP contribution in [0.1, 0.15) is 96.8 Å². The summed E-state index contributed by atoms with van der Waals surface area (Å²) in [5, 5.41) is 1.87. The first-order valence-electron chi connectivity index (χ1n) is 15.2. The maximum Gasteiger partial charge on any atom is 0.421 e. The van der Waals surface area contributed by atoms with Crippen LogP contribution in [-0.4, -0.2) is 48.5 Å². The minimum atomic E-state index is -0.560. The Hall–Kier alpha value is -2.43. The van der Waals surface area contributed by atoms with E-state index in [9.17, 15) is 9.59 Å². The Morgan fingerprint density at radius 3 is 2.20 bits per heavy atom. The molecule has 1 aliphatic heterocycles. The lowest BCUT2D eigenvalue weighted by Crippen LogP contribution is -2.17. The molecule has 0 aliphatic carbocycles. The van der Waals surface area contributed by atoms with Gasteiger partial charge < -0.3 is 14.4 Å². The molecule has 2 aromatic rings. The van der Waals surface area contributed by atoms with Crippen LogP contribution in [0.25, 0.3) is 10.9 Å². The highest BCUT2D eigenvalue weighted by Crippen LogP contribution is 2.16. The van der Waals surface area contributed by atoms with Crippen molar-refractivity contribution in [2.75, 3.05) is 26.9 Å². The third-order valence-electron chi connectivity index (χ3n) is 7.00. The minimum absolute atomic E-state index is 0.331. The fourth-order valence-electron chi connectivity index (χ4n) is 4.60. The maximum atomic E-state index is 12.3. The molecule has 1 aromatic carbocycles. The van der Waals surface area contributed by atoms with Crippen molar-refractivity contribution in [1.29, 1.82) is 0 Å². The molecule has 2 heterocycles. The minimum Gasteiger partial charge on any atom is -0.428 e. The molecule has 222 valence electrons. The van der Waals surface area contributed by atoms with Crippen LogP contribution in [0.5, 0.6) is 0 Å². The molecule has 1 unspecified atom stereocenters. The summed E-state index contributed by atoms with van der Waals surface area (Å²) < 4.78 is 11.6. The van der Waals surface area contributed by atoms with Crippen molar-refractivity contribution in [3.8, 4) is 0 Å². The molecule has 0 bridgehead atoms. The van der Waals surface area contributed by atoms with Gasteiger partial charge in [0.05, 0.1) is 5.52 Å². The molecule has 1 atom stereocenters. The first-order chi connectivity index (χ1) is 19.5. The smallest absolute Gasteiger partial charge is 0.421 e. The average molecular weight is 571 g/mol. The predicted octanol–water partition coefficient (Wildman–Crippen LogP) is 8.15. The number of ether oxygens (including phenoxy) is 2. The maximum absolute atomic E-state index is 12.3. The van der Waals surface area contributed by atoms with Gasteiger partial charge in [0, 0.05) is 18.0 Å². The van der Waals surface area contributed by atoms with Gasteiger partial charge in [-0.25, -0.2) is 4.79 Å². The van der Waals surface area contributed by atoms with Gasteiger partial charge in [0.1, 0.15) is 0 Å². The van der Waals surface area contributed by atoms with Gasteiger partial charge in [-0.2, -0.15) is 0 Å². The van der Waals surface area contributed by atoms with Crippen molar-refractivity contribution >= 4 is 37.5 Å². The van der Waals surface area contributed by atoms with Crippen molar-refractivity contribution in [1.82, 2.24) is 9.47 Å². The lowest BCUT2D eigenvalue weighted by Gasteiger charge is -2.07. The average Bonchev–Trinajstić information content (AvgIpc) is 3.57. The van der Waals surface area contributed by atoms with Gasteiger partial charge in [0.25, 0.3) is 0 Å². The quantitative estimate of drug-likeness (QED) is 0.0670. The van der Waals surface area contributed by atoms with Crippen LogP contribution in [-0.2, 0) is 14.3 Å². The number of carbonyl (C=O) groups excluding carboxylic acids is 2. The summed E-state index contributed by atoms with van der Waals surface area (Å²) in [5.74, 6) is -0.331. The number of nitrogens with zero attached hydrogens (tertiary/aromatic N) is 2. The van der Waals surface area contributed by atoms with E-state index in [0.717, 1.165) is 48.3 Å². The molecule has 0 N–H and O–H groups in total. The third-order valence-corrected chi connectivity index (χ3v) is 7.46. The molecule has 0 amide bonds. The van der Waals surface area contributed by atoms with E-state index in [1.807, 2.05) is 24.3 Å². The summed E-state index contributed by atoms with van der Waals surface area (Å²) in [6, 6.07) is 7.56. The molecule has 0 saturated carbocycles. The van der Waals surface area contributed by atoms with Crippen molar-refractivity contribution in [3.63, 3.8) is 0 Å². The van der Waals surface area contributed by atoms with Gasteiger partial charge in [0.2, 0.25) is 6.79 Å². The van der Waals surface area contributed by atoms with E-state index >= 15 is 0 Å². The van der Waals surface area contributed by atoms with Crippen molar-refractivity contribution in [3.05, 3.63) is 54.8 Å².